The van der Waals surface area contributed by atoms with Crippen molar-refractivity contribution < 1.29 is 32.7 Å². The molecule has 1 atom stereocenters. The van der Waals surface area contributed by atoms with Crippen LogP contribution in [0.4, 0.5) is 8.78 Å². The summed E-state index contributed by atoms with van der Waals surface area (Å²) in [4.78, 5) is 55.3. The van der Waals surface area contributed by atoms with Crippen LogP contribution in [-0.2, 0) is 17.7 Å². The second kappa shape index (κ2) is 12.6. The number of nitrogens with zero attached hydrogens (tertiary/aromatic N) is 3. The lowest BCUT2D eigenvalue weighted by Crippen LogP contribution is -2.31. The predicted octanol–water partition coefficient (Wildman–Crippen LogP) is 3.72. The molecule has 0 spiro atoms. The van der Waals surface area contributed by atoms with Crippen molar-refractivity contribution in [2.45, 2.75) is 52.1 Å². The van der Waals surface area contributed by atoms with E-state index in [9.17, 15) is 28.0 Å². The number of hydrogen-bond acceptors (Lipinski definition) is 7. The van der Waals surface area contributed by atoms with Crippen LogP contribution in [0, 0.1) is 18.6 Å². The van der Waals surface area contributed by atoms with Gasteiger partial charge in [-0.3, -0.25) is 14.4 Å². The van der Waals surface area contributed by atoms with Gasteiger partial charge in [0.25, 0.3) is 17.7 Å². The molecular formula is C31H30F2N6O5. The number of nitrogens with one attached hydrogen (secondary N) is 2. The molecule has 228 valence electrons. The smallest absolute Gasteiger partial charge is 0.338 e. The molecule has 0 unspecified atom stereocenters. The number of carbonyl (C=O) groups is 4. The van der Waals surface area contributed by atoms with Crippen molar-refractivity contribution in [1.29, 1.82) is 0 Å². The first-order valence-electron chi connectivity index (χ1n) is 14.1. The molecule has 0 fully saturated rings. The van der Waals surface area contributed by atoms with E-state index in [-0.39, 0.29) is 35.2 Å². The molecule has 0 radical (unpaired) electrons. The van der Waals surface area contributed by atoms with E-state index in [4.69, 9.17) is 10.5 Å². The van der Waals surface area contributed by atoms with Crippen LogP contribution in [-0.4, -0.2) is 44.9 Å². The summed E-state index contributed by atoms with van der Waals surface area (Å²) in [7, 11) is 0. The first kappa shape index (κ1) is 30.3. The molecule has 4 aromatic rings. The number of unbranched alkanes of at least 4 members (excludes halogenated alkanes) is 1. The first-order chi connectivity index (χ1) is 21.1. The maximum atomic E-state index is 13.6. The zero-order valence-electron chi connectivity index (χ0n) is 24.1. The van der Waals surface area contributed by atoms with E-state index in [1.807, 2.05) is 13.8 Å². The summed E-state index contributed by atoms with van der Waals surface area (Å²) in [5.41, 5.74) is 8.40. The van der Waals surface area contributed by atoms with E-state index >= 15 is 0 Å². The number of aromatic nitrogens is 3. The zero-order chi connectivity index (χ0) is 31.5. The standard InChI is InChI=1S/C31H30F2N6O5/c1-3-4-11-44-31(43)19-6-7-20-18(16(19)2)8-10-23(20)37-30(42)26-13-25(36-27-14-24(28(34)40)38-39(26)27)29(41)35-15-17-5-9-21(32)22(33)12-17/h5-7,9,12-14,23H,3-4,8,10-11,15H2,1-2H3,(H2,34,40)(H,35,41)(H,37,42)/t23-/m0/s1. The third kappa shape index (κ3) is 6.12. The molecule has 1 aliphatic rings. The van der Waals surface area contributed by atoms with Gasteiger partial charge in [-0.15, -0.1) is 0 Å². The number of fused-ring (bicyclic) bond motifs is 2. The highest BCUT2D eigenvalue weighted by Crippen LogP contribution is 2.35. The van der Waals surface area contributed by atoms with Gasteiger partial charge in [-0.2, -0.15) is 5.10 Å². The number of ether oxygens (including phenoxy) is 1. The normalized spacial score (nSPS) is 13.9. The van der Waals surface area contributed by atoms with Gasteiger partial charge in [0, 0.05) is 18.7 Å². The van der Waals surface area contributed by atoms with Crippen LogP contribution >= 0.6 is 0 Å². The molecule has 2 heterocycles. The lowest BCUT2D eigenvalue weighted by atomic mass is 9.98. The molecule has 3 amide bonds. The van der Waals surface area contributed by atoms with Crippen molar-refractivity contribution in [3.63, 3.8) is 0 Å². The molecule has 1 aliphatic carbocycles. The second-order valence-electron chi connectivity index (χ2n) is 10.5. The maximum absolute atomic E-state index is 13.6. The molecule has 44 heavy (non-hydrogen) atoms. The largest absolute Gasteiger partial charge is 0.462 e. The van der Waals surface area contributed by atoms with Crippen molar-refractivity contribution in [2.75, 3.05) is 6.61 Å². The van der Waals surface area contributed by atoms with E-state index in [1.165, 1.54) is 18.2 Å². The topological polar surface area (TPSA) is 158 Å². The molecule has 2 aromatic carbocycles. The number of primary amides is 1. The molecule has 0 saturated heterocycles. The van der Waals surface area contributed by atoms with Gasteiger partial charge in [-0.25, -0.2) is 23.1 Å². The Morgan fingerprint density at radius 3 is 2.57 bits per heavy atom. The summed E-state index contributed by atoms with van der Waals surface area (Å²) < 4.78 is 33.4. The fourth-order valence-corrected chi connectivity index (χ4v) is 5.17. The van der Waals surface area contributed by atoms with E-state index < -0.39 is 35.4 Å². The van der Waals surface area contributed by atoms with E-state index in [0.29, 0.717) is 30.6 Å². The summed E-state index contributed by atoms with van der Waals surface area (Å²) in [5, 5.41) is 9.63. The van der Waals surface area contributed by atoms with E-state index in [0.717, 1.165) is 46.2 Å². The van der Waals surface area contributed by atoms with Crippen molar-refractivity contribution in [2.24, 2.45) is 5.73 Å². The van der Waals surface area contributed by atoms with Crippen molar-refractivity contribution in [1.82, 2.24) is 25.2 Å². The highest BCUT2D eigenvalue weighted by molar-refractivity contribution is 5.99. The summed E-state index contributed by atoms with van der Waals surface area (Å²) in [6.07, 6.45) is 2.88. The molecule has 4 N–H and O–H groups in total. The number of benzene rings is 2. The van der Waals surface area contributed by atoms with Crippen LogP contribution in [0.5, 0.6) is 0 Å². The Morgan fingerprint density at radius 2 is 1.84 bits per heavy atom. The Morgan fingerprint density at radius 1 is 1.05 bits per heavy atom. The van der Waals surface area contributed by atoms with E-state index in [1.54, 1.807) is 12.1 Å². The van der Waals surface area contributed by atoms with Gasteiger partial charge in [0.1, 0.15) is 11.4 Å². The van der Waals surface area contributed by atoms with Crippen LogP contribution in [0.1, 0.15) is 96.3 Å². The Balaban J connectivity index is 1.39. The molecule has 2 aromatic heterocycles. The SMILES string of the molecule is CCCCOC(=O)c1ccc2c(c1C)CC[C@@H]2NC(=O)c1cc(C(=O)NCc2ccc(F)c(F)c2)nc2cc(C(N)=O)nn12. The van der Waals surface area contributed by atoms with Crippen LogP contribution in [0.25, 0.3) is 5.65 Å². The third-order valence-corrected chi connectivity index (χ3v) is 7.53. The fraction of sp³-hybridized carbons (Fsp3) is 0.290. The van der Waals surface area contributed by atoms with Gasteiger partial charge in [0.2, 0.25) is 0 Å². The molecular weight excluding hydrogens is 574 g/mol. The summed E-state index contributed by atoms with van der Waals surface area (Å²) in [5.74, 6) is -4.60. The Bertz CT molecular complexity index is 1800. The predicted molar refractivity (Wildman–Crippen MR) is 154 cm³/mol. The van der Waals surface area contributed by atoms with Gasteiger partial charge >= 0.3 is 5.97 Å². The van der Waals surface area contributed by atoms with Gasteiger partial charge in [0.15, 0.2) is 23.0 Å². The number of esters is 1. The average Bonchev–Trinajstić information content (AvgIpc) is 3.62. The number of rotatable bonds is 10. The summed E-state index contributed by atoms with van der Waals surface area (Å²) >= 11 is 0. The maximum Gasteiger partial charge on any atom is 0.338 e. The molecule has 11 nitrogen and oxygen atoms in total. The number of halogens is 2. The fourth-order valence-electron chi connectivity index (χ4n) is 5.17. The minimum atomic E-state index is -1.06. The average molecular weight is 605 g/mol. The van der Waals surface area contributed by atoms with Crippen LogP contribution in [0.2, 0.25) is 0 Å². The lowest BCUT2D eigenvalue weighted by Gasteiger charge is -2.17. The highest BCUT2D eigenvalue weighted by Gasteiger charge is 2.29. The van der Waals surface area contributed by atoms with Crippen molar-refractivity contribution >= 4 is 29.3 Å². The van der Waals surface area contributed by atoms with Crippen LogP contribution in [0.3, 0.4) is 0 Å². The van der Waals surface area contributed by atoms with Crippen LogP contribution < -0.4 is 16.4 Å². The van der Waals surface area contributed by atoms with E-state index in [2.05, 4.69) is 20.7 Å². The molecule has 0 aliphatic heterocycles. The van der Waals surface area contributed by atoms with Gasteiger partial charge in [-0.05, 0) is 66.6 Å². The molecule has 0 bridgehead atoms. The summed E-state index contributed by atoms with van der Waals surface area (Å²) in [6.45, 7) is 4.08. The minimum Gasteiger partial charge on any atom is -0.462 e. The molecule has 5 rings (SSSR count). The Hall–Kier alpha value is -5.20. The van der Waals surface area contributed by atoms with Crippen molar-refractivity contribution in [3.05, 3.63) is 99.0 Å². The third-order valence-electron chi connectivity index (χ3n) is 7.53. The number of amides is 3. The Labute approximate surface area is 250 Å². The zero-order valence-corrected chi connectivity index (χ0v) is 24.1. The monoisotopic (exact) mass is 604 g/mol. The Kier molecular flexibility index (Phi) is 8.65. The molecule has 0 saturated carbocycles. The highest BCUT2D eigenvalue weighted by atomic mass is 19.2. The van der Waals surface area contributed by atoms with Crippen molar-refractivity contribution in [3.8, 4) is 0 Å². The lowest BCUT2D eigenvalue weighted by molar-refractivity contribution is 0.0498. The second-order valence-corrected chi connectivity index (χ2v) is 10.5. The summed E-state index contributed by atoms with van der Waals surface area (Å²) in [6, 6.07) is 8.79. The minimum absolute atomic E-state index is 0.0262. The number of hydrogen-bond donors (Lipinski definition) is 3. The number of carbonyl (C=O) groups excluding carboxylic acids is 4. The number of nitrogens with two attached hydrogens (primary N) is 1. The van der Waals surface area contributed by atoms with Gasteiger partial charge in [-0.1, -0.05) is 25.5 Å². The first-order valence-corrected chi connectivity index (χ1v) is 14.1. The van der Waals surface area contributed by atoms with Gasteiger partial charge < -0.3 is 21.1 Å². The van der Waals surface area contributed by atoms with Crippen LogP contribution in [0.15, 0.2) is 42.5 Å². The molecule has 13 heteroatoms. The quantitative estimate of drug-likeness (QED) is 0.184. The van der Waals surface area contributed by atoms with Gasteiger partial charge in [0.05, 0.1) is 18.2 Å².